The van der Waals surface area contributed by atoms with Gasteiger partial charge < -0.3 is 15.4 Å². The van der Waals surface area contributed by atoms with E-state index in [2.05, 4.69) is 32.5 Å². The van der Waals surface area contributed by atoms with Gasteiger partial charge in [0.1, 0.15) is 5.01 Å². The summed E-state index contributed by atoms with van der Waals surface area (Å²) in [7, 11) is 0. The van der Waals surface area contributed by atoms with Crippen LogP contribution in [0.25, 0.3) is 0 Å². The van der Waals surface area contributed by atoms with Crippen LogP contribution in [0.5, 0.6) is 5.88 Å². The van der Waals surface area contributed by atoms with Crippen molar-refractivity contribution in [2.24, 2.45) is 4.99 Å². The number of rotatable bonds is 7. The number of hydrogen-bond donors (Lipinski definition) is 2. The van der Waals surface area contributed by atoms with Crippen LogP contribution >= 0.6 is 35.3 Å². The van der Waals surface area contributed by atoms with Crippen LogP contribution < -0.4 is 15.4 Å². The molecular formula is C16H24IN5OS. The van der Waals surface area contributed by atoms with Gasteiger partial charge in [-0.15, -0.1) is 35.3 Å². The molecule has 2 rings (SSSR count). The lowest BCUT2D eigenvalue weighted by atomic mass is 10.3. The fourth-order valence-corrected chi connectivity index (χ4v) is 2.69. The van der Waals surface area contributed by atoms with Gasteiger partial charge in [-0.3, -0.25) is 0 Å². The highest BCUT2D eigenvalue weighted by atomic mass is 127. The minimum Gasteiger partial charge on any atom is -0.478 e. The number of aliphatic imine (C=N–C) groups is 1. The Labute approximate surface area is 164 Å². The van der Waals surface area contributed by atoms with Gasteiger partial charge in [0.15, 0.2) is 5.96 Å². The molecule has 24 heavy (non-hydrogen) atoms. The van der Waals surface area contributed by atoms with Crippen LogP contribution in [0.4, 0.5) is 0 Å². The number of ether oxygens (including phenoxy) is 1. The number of pyridine rings is 1. The standard InChI is InChI=1S/C16H23N5OS.HI/c1-4-17-16(21-11-14-19-9-12(3)23-14)20-10-13-7-6-8-18-15(13)22-5-2;/h6-9H,4-5,10-11H2,1-3H3,(H2,17,20,21);1H. The number of nitrogens with one attached hydrogen (secondary N) is 2. The topological polar surface area (TPSA) is 71.4 Å². The van der Waals surface area contributed by atoms with E-state index >= 15 is 0 Å². The lowest BCUT2D eigenvalue weighted by molar-refractivity contribution is 0.323. The van der Waals surface area contributed by atoms with Gasteiger partial charge in [0.25, 0.3) is 0 Å². The molecule has 2 aromatic heterocycles. The Morgan fingerprint density at radius 1 is 1.29 bits per heavy atom. The van der Waals surface area contributed by atoms with Crippen molar-refractivity contribution in [1.82, 2.24) is 20.6 Å². The summed E-state index contributed by atoms with van der Waals surface area (Å²) in [6, 6.07) is 3.88. The Morgan fingerprint density at radius 3 is 2.79 bits per heavy atom. The molecule has 6 nitrogen and oxygen atoms in total. The van der Waals surface area contributed by atoms with Gasteiger partial charge in [-0.1, -0.05) is 6.07 Å². The van der Waals surface area contributed by atoms with Crippen molar-refractivity contribution >= 4 is 41.3 Å². The molecule has 132 valence electrons. The summed E-state index contributed by atoms with van der Waals surface area (Å²) in [6.07, 6.45) is 3.61. The normalized spacial score (nSPS) is 10.9. The molecule has 0 amide bonds. The van der Waals surface area contributed by atoms with Gasteiger partial charge in [0.05, 0.1) is 19.7 Å². The summed E-state index contributed by atoms with van der Waals surface area (Å²) in [6.45, 7) is 8.61. The van der Waals surface area contributed by atoms with Gasteiger partial charge in [0, 0.05) is 29.4 Å². The SMILES string of the molecule is CCNC(=NCc1cccnc1OCC)NCc1ncc(C)s1.I. The molecule has 0 unspecified atom stereocenters. The Bertz CT molecular complexity index is 647. The first-order valence-electron chi connectivity index (χ1n) is 7.73. The van der Waals surface area contributed by atoms with Crippen molar-refractivity contribution in [3.63, 3.8) is 0 Å². The van der Waals surface area contributed by atoms with Crippen LogP contribution in [0.2, 0.25) is 0 Å². The molecule has 0 saturated carbocycles. The van der Waals surface area contributed by atoms with Gasteiger partial charge in [-0.05, 0) is 26.8 Å². The van der Waals surface area contributed by atoms with Crippen molar-refractivity contribution < 1.29 is 4.74 Å². The van der Waals surface area contributed by atoms with Gasteiger partial charge in [-0.25, -0.2) is 15.0 Å². The second kappa shape index (κ2) is 11.2. The van der Waals surface area contributed by atoms with E-state index in [1.54, 1.807) is 17.5 Å². The predicted octanol–water partition coefficient (Wildman–Crippen LogP) is 3.12. The van der Waals surface area contributed by atoms with E-state index < -0.39 is 0 Å². The Kier molecular flexibility index (Phi) is 9.62. The maximum atomic E-state index is 5.53. The summed E-state index contributed by atoms with van der Waals surface area (Å²) < 4.78 is 5.53. The van der Waals surface area contributed by atoms with Crippen LogP contribution in [0, 0.1) is 6.92 Å². The Morgan fingerprint density at radius 2 is 2.12 bits per heavy atom. The molecule has 2 aromatic rings. The van der Waals surface area contributed by atoms with Crippen molar-refractivity contribution in [1.29, 1.82) is 0 Å². The monoisotopic (exact) mass is 461 g/mol. The van der Waals surface area contributed by atoms with Crippen LogP contribution in [0.15, 0.2) is 29.5 Å². The average Bonchev–Trinajstić information content (AvgIpc) is 2.97. The predicted molar refractivity (Wildman–Crippen MR) is 109 cm³/mol. The molecular weight excluding hydrogens is 437 g/mol. The molecule has 0 aromatic carbocycles. The van der Waals surface area contributed by atoms with Crippen molar-refractivity contribution in [2.45, 2.75) is 33.9 Å². The fraction of sp³-hybridized carbons (Fsp3) is 0.438. The van der Waals surface area contributed by atoms with E-state index in [9.17, 15) is 0 Å². The summed E-state index contributed by atoms with van der Waals surface area (Å²) in [5.74, 6) is 1.40. The third-order valence-electron chi connectivity index (χ3n) is 2.96. The van der Waals surface area contributed by atoms with E-state index in [0.717, 1.165) is 23.1 Å². The molecule has 0 bridgehead atoms. The Hall–Kier alpha value is -1.42. The highest BCUT2D eigenvalue weighted by molar-refractivity contribution is 14.0. The number of nitrogens with zero attached hydrogens (tertiary/aromatic N) is 3. The van der Waals surface area contributed by atoms with Crippen molar-refractivity contribution in [3.05, 3.63) is 40.0 Å². The minimum absolute atomic E-state index is 0. The molecule has 8 heteroatoms. The number of aromatic nitrogens is 2. The third-order valence-corrected chi connectivity index (χ3v) is 3.87. The van der Waals surface area contributed by atoms with Gasteiger partial charge >= 0.3 is 0 Å². The zero-order valence-electron chi connectivity index (χ0n) is 14.2. The van der Waals surface area contributed by atoms with E-state index in [1.807, 2.05) is 32.2 Å². The number of hydrogen-bond acceptors (Lipinski definition) is 5. The highest BCUT2D eigenvalue weighted by Crippen LogP contribution is 2.15. The molecule has 0 fully saturated rings. The van der Waals surface area contributed by atoms with E-state index in [4.69, 9.17) is 4.74 Å². The van der Waals surface area contributed by atoms with Crippen LogP contribution in [0.1, 0.15) is 29.3 Å². The average molecular weight is 461 g/mol. The molecule has 0 saturated heterocycles. The molecule has 0 aliphatic rings. The quantitative estimate of drug-likeness (QED) is 0.377. The molecule has 0 atom stereocenters. The maximum absolute atomic E-state index is 5.53. The summed E-state index contributed by atoms with van der Waals surface area (Å²) in [5, 5.41) is 7.58. The summed E-state index contributed by atoms with van der Waals surface area (Å²) >= 11 is 1.68. The number of aryl methyl sites for hydroxylation is 1. The Balaban J connectivity index is 0.00000288. The van der Waals surface area contributed by atoms with E-state index in [0.29, 0.717) is 25.6 Å². The number of thiazole rings is 1. The molecule has 0 aliphatic carbocycles. The minimum atomic E-state index is 0. The smallest absolute Gasteiger partial charge is 0.218 e. The zero-order chi connectivity index (χ0) is 16.5. The molecule has 0 spiro atoms. The fourth-order valence-electron chi connectivity index (χ4n) is 1.96. The zero-order valence-corrected chi connectivity index (χ0v) is 17.4. The van der Waals surface area contributed by atoms with Gasteiger partial charge in [0.2, 0.25) is 5.88 Å². The first-order chi connectivity index (χ1) is 11.2. The lowest BCUT2D eigenvalue weighted by Gasteiger charge is -2.11. The third kappa shape index (κ3) is 6.60. The van der Waals surface area contributed by atoms with Crippen LogP contribution in [-0.4, -0.2) is 29.1 Å². The molecule has 0 radical (unpaired) electrons. The van der Waals surface area contributed by atoms with E-state index in [1.165, 1.54) is 4.88 Å². The molecule has 2 N–H and O–H groups in total. The van der Waals surface area contributed by atoms with Crippen molar-refractivity contribution in [3.8, 4) is 5.88 Å². The number of halogens is 1. The second-order valence-electron chi connectivity index (χ2n) is 4.81. The lowest BCUT2D eigenvalue weighted by Crippen LogP contribution is -2.36. The largest absolute Gasteiger partial charge is 0.478 e. The van der Waals surface area contributed by atoms with Crippen LogP contribution in [0.3, 0.4) is 0 Å². The highest BCUT2D eigenvalue weighted by Gasteiger charge is 2.05. The van der Waals surface area contributed by atoms with Gasteiger partial charge in [-0.2, -0.15) is 0 Å². The maximum Gasteiger partial charge on any atom is 0.218 e. The molecule has 0 aliphatic heterocycles. The summed E-state index contributed by atoms with van der Waals surface area (Å²) in [5.41, 5.74) is 0.969. The first-order valence-corrected chi connectivity index (χ1v) is 8.54. The summed E-state index contributed by atoms with van der Waals surface area (Å²) in [4.78, 5) is 14.4. The second-order valence-corrected chi connectivity index (χ2v) is 6.13. The van der Waals surface area contributed by atoms with Crippen molar-refractivity contribution in [2.75, 3.05) is 13.2 Å². The van der Waals surface area contributed by atoms with Crippen LogP contribution in [-0.2, 0) is 13.1 Å². The first kappa shape index (κ1) is 20.6. The number of guanidine groups is 1. The van der Waals surface area contributed by atoms with E-state index in [-0.39, 0.29) is 24.0 Å². The molecule has 2 heterocycles.